The van der Waals surface area contributed by atoms with E-state index in [0.29, 0.717) is 51.1 Å². The predicted molar refractivity (Wildman–Crippen MR) is 135 cm³/mol. The van der Waals surface area contributed by atoms with Crippen molar-refractivity contribution in [3.8, 4) is 11.1 Å². The molecule has 0 bridgehead atoms. The first-order valence-electron chi connectivity index (χ1n) is 12.3. The number of carbonyl (C=O) groups excluding carboxylic acids is 1. The van der Waals surface area contributed by atoms with E-state index in [-0.39, 0.29) is 18.1 Å². The smallest absolute Gasteiger partial charge is 0.320 e. The van der Waals surface area contributed by atoms with Gasteiger partial charge in [0, 0.05) is 49.5 Å². The third-order valence-electron chi connectivity index (χ3n) is 7.37. The number of halogens is 1. The Labute approximate surface area is 209 Å². The molecular formula is C26H30ClN5O3. The van der Waals surface area contributed by atoms with Crippen molar-refractivity contribution in [1.29, 1.82) is 0 Å². The van der Waals surface area contributed by atoms with Crippen LogP contribution in [-0.2, 0) is 22.4 Å². The molecule has 3 aliphatic heterocycles. The first-order chi connectivity index (χ1) is 17.1. The van der Waals surface area contributed by atoms with Gasteiger partial charge in [-0.3, -0.25) is 0 Å². The molecule has 2 atom stereocenters. The number of carbonyl (C=O) groups is 1. The van der Waals surface area contributed by atoms with Gasteiger partial charge in [-0.05, 0) is 47.7 Å². The summed E-state index contributed by atoms with van der Waals surface area (Å²) in [6.07, 6.45) is 4.48. The first-order valence-corrected chi connectivity index (χ1v) is 12.7. The Balaban J connectivity index is 1.37. The number of amides is 2. The van der Waals surface area contributed by atoms with E-state index in [2.05, 4.69) is 40.4 Å². The van der Waals surface area contributed by atoms with E-state index in [1.54, 1.807) is 6.20 Å². The summed E-state index contributed by atoms with van der Waals surface area (Å²) >= 11 is 6.37. The Morgan fingerprint density at radius 3 is 2.86 bits per heavy atom. The second-order valence-electron chi connectivity index (χ2n) is 9.61. The molecule has 35 heavy (non-hydrogen) atoms. The van der Waals surface area contributed by atoms with Crippen LogP contribution in [0.3, 0.4) is 0 Å². The third kappa shape index (κ3) is 4.29. The van der Waals surface area contributed by atoms with Crippen LogP contribution >= 0.6 is 11.6 Å². The standard InChI is InChI=1S/C26H30ClN5O3/c1-16-14-35-7-5-32(16)26(33)31-4-2-17-8-18(19-10-21-23(27)12-30-25(21)29-11-19)9-20(22(17)13-31)24-15-34-6-3-28-24/h8-12,16,24,28H,2-7,13-15H2,1H3,(H,29,30)/t16-,24+/m1/s1. The number of fused-ring (bicyclic) bond motifs is 2. The largest absolute Gasteiger partial charge is 0.378 e. The minimum atomic E-state index is 0.0855. The van der Waals surface area contributed by atoms with Crippen LogP contribution in [0, 0.1) is 0 Å². The molecule has 0 aliphatic carbocycles. The van der Waals surface area contributed by atoms with Crippen molar-refractivity contribution in [1.82, 2.24) is 25.1 Å². The minimum Gasteiger partial charge on any atom is -0.378 e. The van der Waals surface area contributed by atoms with E-state index in [1.165, 1.54) is 16.7 Å². The molecule has 0 saturated carbocycles. The summed E-state index contributed by atoms with van der Waals surface area (Å²) in [5.74, 6) is 0. The van der Waals surface area contributed by atoms with E-state index in [4.69, 9.17) is 21.1 Å². The molecule has 3 aromatic rings. The number of ether oxygens (including phenoxy) is 2. The number of hydrogen-bond donors (Lipinski definition) is 2. The Bertz CT molecular complexity index is 1260. The van der Waals surface area contributed by atoms with Crippen LogP contribution in [-0.4, -0.2) is 77.9 Å². The maximum Gasteiger partial charge on any atom is 0.320 e. The van der Waals surface area contributed by atoms with Crippen LogP contribution in [0.25, 0.3) is 22.2 Å². The number of H-pyrrole nitrogens is 1. The lowest BCUT2D eigenvalue weighted by molar-refractivity contribution is 0.00929. The highest BCUT2D eigenvalue weighted by atomic mass is 35.5. The normalized spacial score (nSPS) is 22.9. The SMILES string of the molecule is C[C@@H]1COCCN1C(=O)N1CCc2cc(-c3cnc4[nH]cc(Cl)c4c3)cc([C@@H]3COCCN3)c2C1. The molecule has 0 spiro atoms. The summed E-state index contributed by atoms with van der Waals surface area (Å²) in [6, 6.07) is 6.87. The number of nitrogens with zero attached hydrogens (tertiary/aromatic N) is 3. The topological polar surface area (TPSA) is 82.7 Å². The number of urea groups is 1. The molecule has 5 heterocycles. The fraction of sp³-hybridized carbons (Fsp3) is 0.462. The fourth-order valence-electron chi connectivity index (χ4n) is 5.43. The molecule has 3 aliphatic rings. The van der Waals surface area contributed by atoms with Gasteiger partial charge in [0.05, 0.1) is 43.5 Å². The van der Waals surface area contributed by atoms with E-state index >= 15 is 0 Å². The minimum absolute atomic E-state index is 0.0855. The highest BCUT2D eigenvalue weighted by Gasteiger charge is 2.32. The zero-order valence-electron chi connectivity index (χ0n) is 19.8. The first kappa shape index (κ1) is 22.8. The summed E-state index contributed by atoms with van der Waals surface area (Å²) in [7, 11) is 0. The number of morpholine rings is 2. The number of aromatic amines is 1. The molecule has 2 saturated heterocycles. The van der Waals surface area contributed by atoms with Gasteiger partial charge in [-0.25, -0.2) is 9.78 Å². The van der Waals surface area contributed by atoms with Crippen LogP contribution in [0.4, 0.5) is 4.79 Å². The van der Waals surface area contributed by atoms with Gasteiger partial charge in [-0.15, -0.1) is 0 Å². The number of benzene rings is 1. The maximum absolute atomic E-state index is 13.4. The average molecular weight is 496 g/mol. The van der Waals surface area contributed by atoms with Crippen LogP contribution < -0.4 is 5.32 Å². The molecule has 8 nitrogen and oxygen atoms in total. The van der Waals surface area contributed by atoms with Gasteiger partial charge >= 0.3 is 6.03 Å². The molecule has 1 aromatic carbocycles. The van der Waals surface area contributed by atoms with Crippen molar-refractivity contribution in [3.05, 3.63) is 52.3 Å². The molecule has 0 unspecified atom stereocenters. The van der Waals surface area contributed by atoms with Gasteiger partial charge in [0.1, 0.15) is 5.65 Å². The van der Waals surface area contributed by atoms with Gasteiger partial charge in [-0.2, -0.15) is 0 Å². The van der Waals surface area contributed by atoms with Gasteiger partial charge in [-0.1, -0.05) is 17.7 Å². The monoisotopic (exact) mass is 495 g/mol. The second-order valence-corrected chi connectivity index (χ2v) is 10.0. The lowest BCUT2D eigenvalue weighted by Gasteiger charge is -2.40. The van der Waals surface area contributed by atoms with E-state index in [0.717, 1.165) is 35.1 Å². The molecule has 6 rings (SSSR count). The number of nitrogens with one attached hydrogen (secondary N) is 2. The predicted octanol–water partition coefficient (Wildman–Crippen LogP) is 3.74. The number of pyridine rings is 1. The lowest BCUT2D eigenvalue weighted by Crippen LogP contribution is -2.53. The van der Waals surface area contributed by atoms with Crippen molar-refractivity contribution in [2.75, 3.05) is 46.1 Å². The quantitative estimate of drug-likeness (QED) is 0.566. The van der Waals surface area contributed by atoms with Gasteiger partial charge in [0.25, 0.3) is 0 Å². The Morgan fingerprint density at radius 1 is 1.14 bits per heavy atom. The van der Waals surface area contributed by atoms with E-state index < -0.39 is 0 Å². The number of aromatic nitrogens is 2. The maximum atomic E-state index is 13.4. The van der Waals surface area contributed by atoms with Gasteiger partial charge in [0.2, 0.25) is 0 Å². The van der Waals surface area contributed by atoms with Crippen molar-refractivity contribution in [2.45, 2.75) is 32.0 Å². The summed E-state index contributed by atoms with van der Waals surface area (Å²) in [5, 5.41) is 5.20. The molecule has 184 valence electrons. The zero-order chi connectivity index (χ0) is 23.9. The second kappa shape index (κ2) is 9.43. The highest BCUT2D eigenvalue weighted by Crippen LogP contribution is 2.35. The summed E-state index contributed by atoms with van der Waals surface area (Å²) in [6.45, 7) is 7.34. The Kier molecular flexibility index (Phi) is 6.14. The Hall–Kier alpha value is -2.65. The molecule has 0 radical (unpaired) electrons. The zero-order valence-corrected chi connectivity index (χ0v) is 20.6. The van der Waals surface area contributed by atoms with Crippen molar-refractivity contribution < 1.29 is 14.3 Å². The average Bonchev–Trinajstić information content (AvgIpc) is 3.28. The summed E-state index contributed by atoms with van der Waals surface area (Å²) in [4.78, 5) is 25.0. The van der Waals surface area contributed by atoms with Gasteiger partial charge < -0.3 is 29.6 Å². The number of hydrogen-bond acceptors (Lipinski definition) is 5. The molecule has 9 heteroatoms. The van der Waals surface area contributed by atoms with Crippen LogP contribution in [0.1, 0.15) is 29.7 Å². The van der Waals surface area contributed by atoms with Crippen LogP contribution in [0.5, 0.6) is 0 Å². The third-order valence-corrected chi connectivity index (χ3v) is 7.68. The molecule has 2 fully saturated rings. The van der Waals surface area contributed by atoms with Crippen LogP contribution in [0.2, 0.25) is 5.02 Å². The fourth-order valence-corrected chi connectivity index (χ4v) is 5.62. The summed E-state index contributed by atoms with van der Waals surface area (Å²) in [5.41, 5.74) is 6.63. The highest BCUT2D eigenvalue weighted by molar-refractivity contribution is 6.35. The molecule has 2 aromatic heterocycles. The van der Waals surface area contributed by atoms with Crippen molar-refractivity contribution in [2.24, 2.45) is 0 Å². The molecule has 2 N–H and O–H groups in total. The molecular weight excluding hydrogens is 466 g/mol. The van der Waals surface area contributed by atoms with E-state index in [1.807, 2.05) is 16.0 Å². The lowest BCUT2D eigenvalue weighted by atomic mass is 9.87. The molecule has 2 amide bonds. The van der Waals surface area contributed by atoms with Crippen molar-refractivity contribution in [3.63, 3.8) is 0 Å². The van der Waals surface area contributed by atoms with E-state index in [9.17, 15) is 4.79 Å². The summed E-state index contributed by atoms with van der Waals surface area (Å²) < 4.78 is 11.4. The van der Waals surface area contributed by atoms with Gasteiger partial charge in [0.15, 0.2) is 0 Å². The van der Waals surface area contributed by atoms with Crippen molar-refractivity contribution >= 4 is 28.7 Å². The van der Waals surface area contributed by atoms with Crippen LogP contribution in [0.15, 0.2) is 30.6 Å². The number of rotatable bonds is 2. The Morgan fingerprint density at radius 2 is 2.03 bits per heavy atom.